The number of hydrogen-bond acceptors (Lipinski definition) is 7. The predicted octanol–water partition coefficient (Wildman–Crippen LogP) is 3.54. The number of carbonyl (C=O) groups excluding carboxylic acids is 2. The number of methoxy groups -OCH3 is 1. The number of rotatable bonds is 5. The van der Waals surface area contributed by atoms with E-state index in [0.29, 0.717) is 35.8 Å². The van der Waals surface area contributed by atoms with Crippen LogP contribution in [0, 0.1) is 0 Å². The quantitative estimate of drug-likeness (QED) is 0.346. The SMILES string of the molecule is COc1ccc(CN2C(=O)C(=O)/C(=C(\O)c3ccc4c(c3)N(C)CCO4)C2c2ccncc2)cc1. The molecule has 0 bridgehead atoms. The summed E-state index contributed by atoms with van der Waals surface area (Å²) < 4.78 is 10.9. The van der Waals surface area contributed by atoms with Crippen LogP contribution in [-0.2, 0) is 16.1 Å². The first-order chi connectivity index (χ1) is 17.0. The molecule has 1 amide bonds. The van der Waals surface area contributed by atoms with Crippen LogP contribution in [-0.4, -0.2) is 54.0 Å². The molecule has 8 nitrogen and oxygen atoms in total. The zero-order valence-electron chi connectivity index (χ0n) is 19.5. The Bertz CT molecular complexity index is 1300. The number of benzene rings is 2. The predicted molar refractivity (Wildman–Crippen MR) is 130 cm³/mol. The van der Waals surface area contributed by atoms with Crippen LogP contribution in [0.4, 0.5) is 5.69 Å². The second-order valence-electron chi connectivity index (χ2n) is 8.51. The van der Waals surface area contributed by atoms with Gasteiger partial charge < -0.3 is 24.4 Å². The second-order valence-corrected chi connectivity index (χ2v) is 8.51. The first-order valence-corrected chi connectivity index (χ1v) is 11.3. The number of Topliss-reactive ketones (excluding diaryl/α,β-unsaturated/α-hetero) is 1. The molecule has 1 aromatic heterocycles. The summed E-state index contributed by atoms with van der Waals surface area (Å²) in [7, 11) is 3.53. The molecule has 178 valence electrons. The Morgan fingerprint density at radius 2 is 1.86 bits per heavy atom. The van der Waals surface area contributed by atoms with E-state index in [4.69, 9.17) is 9.47 Å². The van der Waals surface area contributed by atoms with Gasteiger partial charge in [0.25, 0.3) is 11.7 Å². The zero-order valence-corrected chi connectivity index (χ0v) is 19.5. The molecule has 1 fully saturated rings. The molecular formula is C27H25N3O5. The van der Waals surface area contributed by atoms with Crippen molar-refractivity contribution in [3.05, 3.63) is 89.3 Å². The van der Waals surface area contributed by atoms with Crippen molar-refractivity contribution in [3.63, 3.8) is 0 Å². The minimum atomic E-state index is -0.759. The third kappa shape index (κ3) is 4.07. The van der Waals surface area contributed by atoms with Gasteiger partial charge in [-0.3, -0.25) is 14.6 Å². The van der Waals surface area contributed by atoms with Gasteiger partial charge in [-0.1, -0.05) is 12.1 Å². The fraction of sp³-hybridized carbons (Fsp3) is 0.222. The van der Waals surface area contributed by atoms with Gasteiger partial charge in [-0.15, -0.1) is 0 Å². The van der Waals surface area contributed by atoms with Gasteiger partial charge in [0.2, 0.25) is 0 Å². The summed E-state index contributed by atoms with van der Waals surface area (Å²) >= 11 is 0. The number of nitrogens with zero attached hydrogens (tertiary/aromatic N) is 3. The molecule has 5 rings (SSSR count). The Kier molecular flexibility index (Phi) is 5.86. The Labute approximate surface area is 203 Å². The summed E-state index contributed by atoms with van der Waals surface area (Å²) in [4.78, 5) is 34.1. The number of anilines is 1. The van der Waals surface area contributed by atoms with E-state index in [0.717, 1.165) is 11.3 Å². The lowest BCUT2D eigenvalue weighted by Gasteiger charge is -2.28. The molecule has 2 aliphatic heterocycles. The van der Waals surface area contributed by atoms with Crippen molar-refractivity contribution in [2.24, 2.45) is 0 Å². The third-order valence-corrected chi connectivity index (χ3v) is 6.40. The molecule has 1 unspecified atom stereocenters. The molecule has 1 N–H and O–H groups in total. The van der Waals surface area contributed by atoms with Gasteiger partial charge in [-0.05, 0) is 53.6 Å². The average molecular weight is 472 g/mol. The number of likely N-dealkylation sites (tertiary alicyclic amines) is 1. The normalized spacial score (nSPS) is 18.9. The molecule has 0 radical (unpaired) electrons. The van der Waals surface area contributed by atoms with E-state index in [1.165, 1.54) is 4.90 Å². The second kappa shape index (κ2) is 9.13. The highest BCUT2D eigenvalue weighted by Gasteiger charge is 2.46. The lowest BCUT2D eigenvalue weighted by atomic mass is 9.95. The number of aromatic nitrogens is 1. The van der Waals surface area contributed by atoms with Gasteiger partial charge in [0.1, 0.15) is 23.9 Å². The van der Waals surface area contributed by atoms with Crippen LogP contribution in [0.15, 0.2) is 72.6 Å². The molecule has 2 aromatic carbocycles. The van der Waals surface area contributed by atoms with Crippen LogP contribution in [0.25, 0.3) is 5.76 Å². The number of fused-ring (bicyclic) bond motifs is 1. The molecule has 0 spiro atoms. The standard InChI is InChI=1S/C27H25N3O5/c1-29-13-14-35-22-8-5-19(15-21(22)29)25(31)23-24(18-9-11-28-12-10-18)30(27(33)26(23)32)16-17-3-6-20(34-2)7-4-17/h3-12,15,24,31H,13-14,16H2,1-2H3/b25-23-. The lowest BCUT2D eigenvalue weighted by Crippen LogP contribution is -2.29. The van der Waals surface area contributed by atoms with Crippen molar-refractivity contribution >= 4 is 23.1 Å². The van der Waals surface area contributed by atoms with Crippen LogP contribution in [0.1, 0.15) is 22.7 Å². The topological polar surface area (TPSA) is 92.2 Å². The van der Waals surface area contributed by atoms with E-state index in [1.54, 1.807) is 62.0 Å². The highest BCUT2D eigenvalue weighted by molar-refractivity contribution is 6.46. The number of hydrogen-bond donors (Lipinski definition) is 1. The van der Waals surface area contributed by atoms with E-state index in [-0.39, 0.29) is 17.9 Å². The summed E-state index contributed by atoms with van der Waals surface area (Å²) in [6.45, 7) is 1.48. The van der Waals surface area contributed by atoms with Crippen LogP contribution < -0.4 is 14.4 Å². The Hall–Kier alpha value is -4.33. The minimum absolute atomic E-state index is 0.0500. The number of aliphatic hydroxyl groups excluding tert-OH is 1. The molecular weight excluding hydrogens is 446 g/mol. The van der Waals surface area contributed by atoms with Gasteiger partial charge in [0, 0.05) is 31.5 Å². The van der Waals surface area contributed by atoms with Crippen molar-refractivity contribution in [3.8, 4) is 11.5 Å². The van der Waals surface area contributed by atoms with E-state index in [9.17, 15) is 14.7 Å². The summed E-state index contributed by atoms with van der Waals surface area (Å²) in [5.41, 5.74) is 2.83. The first-order valence-electron chi connectivity index (χ1n) is 11.3. The molecule has 3 heterocycles. The van der Waals surface area contributed by atoms with Crippen LogP contribution in [0.5, 0.6) is 11.5 Å². The van der Waals surface area contributed by atoms with E-state index >= 15 is 0 Å². The van der Waals surface area contributed by atoms with Crippen LogP contribution >= 0.6 is 0 Å². The number of aliphatic hydroxyl groups is 1. The monoisotopic (exact) mass is 471 g/mol. The molecule has 3 aromatic rings. The van der Waals surface area contributed by atoms with Crippen molar-refractivity contribution in [1.82, 2.24) is 9.88 Å². The van der Waals surface area contributed by atoms with Crippen molar-refractivity contribution in [2.75, 3.05) is 32.2 Å². The number of carbonyl (C=O) groups is 2. The Balaban J connectivity index is 1.60. The maximum Gasteiger partial charge on any atom is 0.295 e. The number of amides is 1. The number of pyridine rings is 1. The van der Waals surface area contributed by atoms with E-state index < -0.39 is 17.7 Å². The summed E-state index contributed by atoms with van der Waals surface area (Å²) in [5.74, 6) is -0.198. The molecule has 0 aliphatic carbocycles. The van der Waals surface area contributed by atoms with Crippen LogP contribution in [0.3, 0.4) is 0 Å². The van der Waals surface area contributed by atoms with E-state index in [2.05, 4.69) is 4.98 Å². The number of likely N-dealkylation sites (N-methyl/N-ethyl adjacent to an activating group) is 1. The van der Waals surface area contributed by atoms with Gasteiger partial charge in [0.15, 0.2) is 0 Å². The number of ether oxygens (including phenoxy) is 2. The molecule has 0 saturated carbocycles. The summed E-state index contributed by atoms with van der Waals surface area (Å²) in [6.07, 6.45) is 3.21. The molecule has 1 saturated heterocycles. The van der Waals surface area contributed by atoms with Gasteiger partial charge in [-0.2, -0.15) is 0 Å². The number of ketones is 1. The fourth-order valence-electron chi connectivity index (χ4n) is 4.52. The zero-order chi connectivity index (χ0) is 24.5. The maximum atomic E-state index is 13.3. The highest BCUT2D eigenvalue weighted by atomic mass is 16.5. The van der Waals surface area contributed by atoms with Gasteiger partial charge in [-0.25, -0.2) is 0 Å². The van der Waals surface area contributed by atoms with Crippen LogP contribution in [0.2, 0.25) is 0 Å². The van der Waals surface area contributed by atoms with Crippen molar-refractivity contribution < 1.29 is 24.2 Å². The Morgan fingerprint density at radius 1 is 1.11 bits per heavy atom. The minimum Gasteiger partial charge on any atom is -0.507 e. The average Bonchev–Trinajstić information content (AvgIpc) is 3.14. The smallest absolute Gasteiger partial charge is 0.295 e. The largest absolute Gasteiger partial charge is 0.507 e. The maximum absolute atomic E-state index is 13.3. The summed E-state index contributed by atoms with van der Waals surface area (Å²) in [6, 6.07) is 15.3. The Morgan fingerprint density at radius 3 is 2.57 bits per heavy atom. The van der Waals surface area contributed by atoms with Gasteiger partial charge >= 0.3 is 0 Å². The van der Waals surface area contributed by atoms with Gasteiger partial charge in [0.05, 0.1) is 31.0 Å². The van der Waals surface area contributed by atoms with Crippen molar-refractivity contribution in [1.29, 1.82) is 0 Å². The molecule has 35 heavy (non-hydrogen) atoms. The lowest BCUT2D eigenvalue weighted by molar-refractivity contribution is -0.140. The molecule has 8 heteroatoms. The van der Waals surface area contributed by atoms with E-state index in [1.807, 2.05) is 24.1 Å². The highest BCUT2D eigenvalue weighted by Crippen LogP contribution is 2.41. The fourth-order valence-corrected chi connectivity index (χ4v) is 4.52. The molecule has 2 aliphatic rings. The van der Waals surface area contributed by atoms with Crippen molar-refractivity contribution in [2.45, 2.75) is 12.6 Å². The third-order valence-electron chi connectivity index (χ3n) is 6.40. The molecule has 1 atom stereocenters. The first kappa shape index (κ1) is 22.5. The summed E-state index contributed by atoms with van der Waals surface area (Å²) in [5, 5.41) is 11.4.